The molecule has 112 valence electrons. The maximum Gasteiger partial charge on any atom is 0.0854 e. The van der Waals surface area contributed by atoms with E-state index in [0.29, 0.717) is 0 Å². The van der Waals surface area contributed by atoms with Crippen molar-refractivity contribution in [1.29, 1.82) is 0 Å². The SMILES string of the molecule is CC(C)C1CCN(c2cc(CO)nc3ccccc23)CC1. The average molecular weight is 284 g/mol. The highest BCUT2D eigenvalue weighted by Gasteiger charge is 2.23. The van der Waals surface area contributed by atoms with Crippen LogP contribution in [0.25, 0.3) is 10.9 Å². The van der Waals surface area contributed by atoms with Gasteiger partial charge in [-0.2, -0.15) is 0 Å². The van der Waals surface area contributed by atoms with Crippen LogP contribution in [0.1, 0.15) is 32.4 Å². The molecule has 2 aromatic rings. The highest BCUT2D eigenvalue weighted by molar-refractivity contribution is 5.92. The monoisotopic (exact) mass is 284 g/mol. The molecule has 0 unspecified atom stereocenters. The van der Waals surface area contributed by atoms with E-state index in [2.05, 4.69) is 41.9 Å². The lowest BCUT2D eigenvalue weighted by Crippen LogP contribution is -2.35. The number of para-hydroxylation sites is 1. The third kappa shape index (κ3) is 2.88. The molecule has 1 aromatic carbocycles. The molecular weight excluding hydrogens is 260 g/mol. The molecule has 0 bridgehead atoms. The van der Waals surface area contributed by atoms with Crippen molar-refractivity contribution in [2.45, 2.75) is 33.3 Å². The summed E-state index contributed by atoms with van der Waals surface area (Å²) in [6, 6.07) is 10.3. The fourth-order valence-corrected chi connectivity index (χ4v) is 3.36. The Balaban J connectivity index is 1.93. The summed E-state index contributed by atoms with van der Waals surface area (Å²) < 4.78 is 0. The zero-order chi connectivity index (χ0) is 14.8. The van der Waals surface area contributed by atoms with E-state index in [1.165, 1.54) is 23.9 Å². The zero-order valence-electron chi connectivity index (χ0n) is 12.9. The molecular formula is C18H24N2O. The van der Waals surface area contributed by atoms with Crippen LogP contribution in [0.4, 0.5) is 5.69 Å². The van der Waals surface area contributed by atoms with Gasteiger partial charge in [-0.25, -0.2) is 0 Å². The standard InChI is InChI=1S/C18H24N2O/c1-13(2)14-7-9-20(10-8-14)18-11-15(12-21)19-17-6-4-3-5-16(17)18/h3-6,11,13-14,21H,7-10,12H2,1-2H3. The molecule has 1 saturated heterocycles. The number of hydrogen-bond acceptors (Lipinski definition) is 3. The summed E-state index contributed by atoms with van der Waals surface area (Å²) in [7, 11) is 0. The molecule has 3 nitrogen and oxygen atoms in total. The third-order valence-electron chi connectivity index (χ3n) is 4.73. The number of aliphatic hydroxyl groups is 1. The lowest BCUT2D eigenvalue weighted by atomic mass is 9.86. The molecule has 0 radical (unpaired) electrons. The first-order chi connectivity index (χ1) is 10.2. The second-order valence-electron chi connectivity index (χ2n) is 6.38. The van der Waals surface area contributed by atoms with E-state index in [0.717, 1.165) is 36.1 Å². The lowest BCUT2D eigenvalue weighted by Gasteiger charge is -2.36. The van der Waals surface area contributed by atoms with Crippen LogP contribution in [0.3, 0.4) is 0 Å². The van der Waals surface area contributed by atoms with Crippen LogP contribution >= 0.6 is 0 Å². The topological polar surface area (TPSA) is 36.4 Å². The highest BCUT2D eigenvalue weighted by atomic mass is 16.3. The van der Waals surface area contributed by atoms with Gasteiger partial charge in [0.1, 0.15) is 0 Å². The van der Waals surface area contributed by atoms with Crippen molar-refractivity contribution in [2.75, 3.05) is 18.0 Å². The minimum Gasteiger partial charge on any atom is -0.390 e. The van der Waals surface area contributed by atoms with Crippen molar-refractivity contribution < 1.29 is 5.11 Å². The first-order valence-electron chi connectivity index (χ1n) is 7.93. The summed E-state index contributed by atoms with van der Waals surface area (Å²) in [5.74, 6) is 1.61. The number of nitrogens with zero attached hydrogens (tertiary/aromatic N) is 2. The minimum absolute atomic E-state index is 0.000291. The molecule has 1 N–H and O–H groups in total. The van der Waals surface area contributed by atoms with E-state index < -0.39 is 0 Å². The van der Waals surface area contributed by atoms with Gasteiger partial charge in [-0.1, -0.05) is 32.0 Å². The van der Waals surface area contributed by atoms with E-state index in [4.69, 9.17) is 0 Å². The molecule has 0 amide bonds. The fraction of sp³-hybridized carbons (Fsp3) is 0.500. The summed E-state index contributed by atoms with van der Waals surface area (Å²) in [5.41, 5.74) is 2.96. The van der Waals surface area contributed by atoms with Gasteiger partial charge >= 0.3 is 0 Å². The fourth-order valence-electron chi connectivity index (χ4n) is 3.36. The van der Waals surface area contributed by atoms with Gasteiger partial charge in [0.05, 0.1) is 17.8 Å². The number of anilines is 1. The normalized spacial score (nSPS) is 16.9. The molecule has 1 aliphatic rings. The van der Waals surface area contributed by atoms with Gasteiger partial charge in [0.2, 0.25) is 0 Å². The molecule has 3 rings (SSSR count). The van der Waals surface area contributed by atoms with E-state index in [1.54, 1.807) is 0 Å². The molecule has 0 spiro atoms. The van der Waals surface area contributed by atoms with Gasteiger partial charge in [0.15, 0.2) is 0 Å². The Morgan fingerprint density at radius 2 is 1.95 bits per heavy atom. The smallest absolute Gasteiger partial charge is 0.0854 e. The van der Waals surface area contributed by atoms with Crippen molar-refractivity contribution in [3.05, 3.63) is 36.0 Å². The van der Waals surface area contributed by atoms with Crippen LogP contribution < -0.4 is 4.90 Å². The Morgan fingerprint density at radius 1 is 1.24 bits per heavy atom. The first kappa shape index (κ1) is 14.3. The average Bonchev–Trinajstić information content (AvgIpc) is 2.53. The van der Waals surface area contributed by atoms with Crippen LogP contribution in [0.15, 0.2) is 30.3 Å². The lowest BCUT2D eigenvalue weighted by molar-refractivity contribution is 0.277. The first-order valence-corrected chi connectivity index (χ1v) is 7.93. The van der Waals surface area contributed by atoms with Gasteiger partial charge in [-0.05, 0) is 36.8 Å². The second-order valence-corrected chi connectivity index (χ2v) is 6.38. The molecule has 1 aromatic heterocycles. The second kappa shape index (κ2) is 6.02. The van der Waals surface area contributed by atoms with Crippen molar-refractivity contribution in [3.8, 4) is 0 Å². The molecule has 21 heavy (non-hydrogen) atoms. The van der Waals surface area contributed by atoms with Crippen LogP contribution in [0, 0.1) is 11.8 Å². The molecule has 1 aliphatic heterocycles. The number of hydrogen-bond donors (Lipinski definition) is 1. The van der Waals surface area contributed by atoms with E-state index >= 15 is 0 Å². The van der Waals surface area contributed by atoms with Gasteiger partial charge in [-0.15, -0.1) is 0 Å². The Kier molecular flexibility index (Phi) is 4.11. The number of rotatable bonds is 3. The predicted octanol–water partition coefficient (Wildman–Crippen LogP) is 3.60. The number of aliphatic hydroxyl groups excluding tert-OH is 1. The molecule has 0 atom stereocenters. The number of benzene rings is 1. The van der Waals surface area contributed by atoms with Crippen molar-refractivity contribution >= 4 is 16.6 Å². The van der Waals surface area contributed by atoms with Crippen molar-refractivity contribution in [2.24, 2.45) is 11.8 Å². The summed E-state index contributed by atoms with van der Waals surface area (Å²) in [6.45, 7) is 6.85. The number of pyridine rings is 1. The zero-order valence-corrected chi connectivity index (χ0v) is 12.9. The summed E-state index contributed by atoms with van der Waals surface area (Å²) >= 11 is 0. The van der Waals surface area contributed by atoms with E-state index in [-0.39, 0.29) is 6.61 Å². The molecule has 2 heterocycles. The van der Waals surface area contributed by atoms with Gasteiger partial charge < -0.3 is 10.0 Å². The molecule has 3 heteroatoms. The van der Waals surface area contributed by atoms with Crippen molar-refractivity contribution in [3.63, 3.8) is 0 Å². The number of fused-ring (bicyclic) bond motifs is 1. The van der Waals surface area contributed by atoms with Gasteiger partial charge in [0.25, 0.3) is 0 Å². The Labute approximate surface area is 126 Å². The van der Waals surface area contributed by atoms with Gasteiger partial charge in [0, 0.05) is 24.2 Å². The molecule has 1 fully saturated rings. The highest BCUT2D eigenvalue weighted by Crippen LogP contribution is 2.32. The summed E-state index contributed by atoms with van der Waals surface area (Å²) in [4.78, 5) is 6.98. The van der Waals surface area contributed by atoms with Crippen LogP contribution in [0.2, 0.25) is 0 Å². The van der Waals surface area contributed by atoms with Crippen LogP contribution in [0.5, 0.6) is 0 Å². The summed E-state index contributed by atoms with van der Waals surface area (Å²) in [6.07, 6.45) is 2.51. The van der Waals surface area contributed by atoms with Gasteiger partial charge in [-0.3, -0.25) is 4.98 Å². The third-order valence-corrected chi connectivity index (χ3v) is 4.73. The maximum atomic E-state index is 9.45. The van der Waals surface area contributed by atoms with Crippen molar-refractivity contribution in [1.82, 2.24) is 4.98 Å². The maximum absolute atomic E-state index is 9.45. The Hall–Kier alpha value is -1.61. The molecule has 0 aliphatic carbocycles. The quantitative estimate of drug-likeness (QED) is 0.935. The van der Waals surface area contributed by atoms with E-state index in [1.807, 2.05) is 12.1 Å². The Bertz CT molecular complexity index is 616. The van der Waals surface area contributed by atoms with Crippen LogP contribution in [-0.4, -0.2) is 23.2 Å². The Morgan fingerprint density at radius 3 is 2.62 bits per heavy atom. The van der Waals surface area contributed by atoms with Crippen LogP contribution in [-0.2, 0) is 6.61 Å². The van der Waals surface area contributed by atoms with E-state index in [9.17, 15) is 5.11 Å². The largest absolute Gasteiger partial charge is 0.390 e. The predicted molar refractivity (Wildman–Crippen MR) is 87.4 cm³/mol. The number of aromatic nitrogens is 1. The minimum atomic E-state index is 0.000291. The summed E-state index contributed by atoms with van der Waals surface area (Å²) in [5, 5.41) is 10.6. The number of piperidine rings is 1. The molecule has 0 saturated carbocycles.